The summed E-state index contributed by atoms with van der Waals surface area (Å²) in [6.45, 7) is 3.42. The quantitative estimate of drug-likeness (QED) is 0.913. The molecule has 3 rings (SSSR count). The first-order valence-corrected chi connectivity index (χ1v) is 7.51. The third kappa shape index (κ3) is 2.93. The van der Waals surface area contributed by atoms with Gasteiger partial charge in [-0.3, -0.25) is 14.7 Å². The van der Waals surface area contributed by atoms with Crippen LogP contribution in [0.4, 0.5) is 5.82 Å². The van der Waals surface area contributed by atoms with Gasteiger partial charge in [-0.05, 0) is 26.2 Å². The minimum absolute atomic E-state index is 0.0417. The van der Waals surface area contributed by atoms with Gasteiger partial charge < -0.3 is 4.90 Å². The fourth-order valence-electron chi connectivity index (χ4n) is 2.73. The second-order valence-electron chi connectivity index (χ2n) is 5.60. The third-order valence-corrected chi connectivity index (χ3v) is 3.83. The van der Waals surface area contributed by atoms with Crippen molar-refractivity contribution in [3.05, 3.63) is 34.5 Å². The van der Waals surface area contributed by atoms with Crippen LogP contribution >= 0.6 is 0 Å². The van der Waals surface area contributed by atoms with Gasteiger partial charge >= 0.3 is 0 Å². The molecule has 7 heteroatoms. The molecule has 0 aromatic carbocycles. The maximum Gasteiger partial charge on any atom is 0.276 e. The maximum absolute atomic E-state index is 12.3. The average molecular weight is 301 g/mol. The van der Waals surface area contributed by atoms with Gasteiger partial charge in [-0.2, -0.15) is 0 Å². The Bertz CT molecular complexity index is 728. The molecule has 22 heavy (non-hydrogen) atoms. The summed E-state index contributed by atoms with van der Waals surface area (Å²) >= 11 is 0. The van der Waals surface area contributed by atoms with Gasteiger partial charge in [0.25, 0.3) is 5.56 Å². The molecule has 3 heterocycles. The van der Waals surface area contributed by atoms with Crippen LogP contribution < -0.4 is 10.5 Å². The lowest BCUT2D eigenvalue weighted by Gasteiger charge is -2.27. The molecule has 1 N–H and O–H groups in total. The van der Waals surface area contributed by atoms with Gasteiger partial charge in [0.1, 0.15) is 17.9 Å². The Morgan fingerprint density at radius 3 is 2.68 bits per heavy atom. The molecule has 0 radical (unpaired) electrons. The number of Topliss-reactive ketones (excluding diaryl/α,β-unsaturated/α-hetero) is 1. The average Bonchev–Trinajstić information content (AvgIpc) is 2.89. The zero-order valence-corrected chi connectivity index (χ0v) is 12.6. The Hall–Kier alpha value is -2.44. The predicted octanol–water partition coefficient (Wildman–Crippen LogP) is 1.08. The van der Waals surface area contributed by atoms with Gasteiger partial charge in [-0.15, -0.1) is 0 Å². The van der Waals surface area contributed by atoms with E-state index in [4.69, 9.17) is 0 Å². The van der Waals surface area contributed by atoms with Gasteiger partial charge in [-0.25, -0.2) is 14.6 Å². The molecular formula is C15H19N5O2. The Balaban J connectivity index is 1.90. The molecule has 1 saturated heterocycles. The van der Waals surface area contributed by atoms with Crippen molar-refractivity contribution in [2.24, 2.45) is 0 Å². The summed E-state index contributed by atoms with van der Waals surface area (Å²) in [6, 6.07) is 1.81. The monoisotopic (exact) mass is 301 g/mol. The molecule has 1 aliphatic heterocycles. The van der Waals surface area contributed by atoms with E-state index < -0.39 is 0 Å². The van der Waals surface area contributed by atoms with Crippen molar-refractivity contribution in [3.63, 3.8) is 0 Å². The first-order valence-electron chi connectivity index (χ1n) is 7.51. The number of aromatic nitrogens is 4. The smallest absolute Gasteiger partial charge is 0.276 e. The summed E-state index contributed by atoms with van der Waals surface area (Å²) in [5.74, 6) is 1.29. The minimum atomic E-state index is -0.238. The molecule has 0 atom stereocenters. The second-order valence-corrected chi connectivity index (χ2v) is 5.60. The van der Waals surface area contributed by atoms with Crippen molar-refractivity contribution >= 4 is 11.6 Å². The van der Waals surface area contributed by atoms with Crippen LogP contribution in [-0.2, 0) is 11.2 Å². The van der Waals surface area contributed by atoms with Crippen molar-refractivity contribution in [3.8, 4) is 5.82 Å². The van der Waals surface area contributed by atoms with E-state index in [9.17, 15) is 9.59 Å². The number of ketones is 1. The minimum Gasteiger partial charge on any atom is -0.356 e. The molecule has 2 aromatic heterocycles. The molecule has 2 aromatic rings. The van der Waals surface area contributed by atoms with Crippen LogP contribution in [0.15, 0.2) is 23.4 Å². The summed E-state index contributed by atoms with van der Waals surface area (Å²) < 4.78 is 1.35. The van der Waals surface area contributed by atoms with Crippen molar-refractivity contribution in [1.29, 1.82) is 0 Å². The standard InChI is InChI=1S/C15H19N5O2/c1-11(21)7-12-9-18-20(15(12)22)14-8-13(16-10-17-14)19-5-3-2-4-6-19/h8-10,18H,2-7H2,1H3. The van der Waals surface area contributed by atoms with E-state index in [1.165, 1.54) is 24.4 Å². The Labute approximate surface area is 128 Å². The van der Waals surface area contributed by atoms with Crippen molar-refractivity contribution < 1.29 is 4.79 Å². The summed E-state index contributed by atoms with van der Waals surface area (Å²) in [6.07, 6.45) is 6.73. The number of H-pyrrole nitrogens is 1. The van der Waals surface area contributed by atoms with E-state index >= 15 is 0 Å². The highest BCUT2D eigenvalue weighted by atomic mass is 16.1. The van der Waals surface area contributed by atoms with E-state index in [2.05, 4.69) is 20.0 Å². The van der Waals surface area contributed by atoms with Crippen LogP contribution in [0.25, 0.3) is 5.82 Å². The second kappa shape index (κ2) is 6.13. The number of aromatic amines is 1. The highest BCUT2D eigenvalue weighted by Gasteiger charge is 2.15. The lowest BCUT2D eigenvalue weighted by Crippen LogP contribution is -2.30. The molecule has 0 aliphatic carbocycles. The number of carbonyl (C=O) groups is 1. The maximum atomic E-state index is 12.3. The van der Waals surface area contributed by atoms with Crippen molar-refractivity contribution in [2.45, 2.75) is 32.6 Å². The molecule has 0 saturated carbocycles. The van der Waals surface area contributed by atoms with E-state index in [0.29, 0.717) is 11.4 Å². The number of anilines is 1. The fraction of sp³-hybridized carbons (Fsp3) is 0.467. The summed E-state index contributed by atoms with van der Waals surface area (Å²) in [5.41, 5.74) is 0.212. The molecule has 116 valence electrons. The van der Waals surface area contributed by atoms with Gasteiger partial charge in [0.15, 0.2) is 5.82 Å². The van der Waals surface area contributed by atoms with E-state index in [-0.39, 0.29) is 17.8 Å². The normalized spacial score (nSPS) is 15.0. The third-order valence-electron chi connectivity index (χ3n) is 3.83. The summed E-state index contributed by atoms with van der Waals surface area (Å²) in [7, 11) is 0. The van der Waals surface area contributed by atoms with Crippen molar-refractivity contribution in [2.75, 3.05) is 18.0 Å². The lowest BCUT2D eigenvalue weighted by atomic mass is 10.1. The molecule has 1 fully saturated rings. The SMILES string of the molecule is CC(=O)Cc1c[nH]n(-c2cc(N3CCCCC3)ncn2)c1=O. The Kier molecular flexibility index (Phi) is 4.04. The Morgan fingerprint density at radius 1 is 1.23 bits per heavy atom. The fourth-order valence-corrected chi connectivity index (χ4v) is 2.73. The van der Waals surface area contributed by atoms with Gasteiger partial charge in [0.05, 0.1) is 0 Å². The predicted molar refractivity (Wildman–Crippen MR) is 82.4 cm³/mol. The molecule has 1 aliphatic rings. The first-order chi connectivity index (χ1) is 10.6. The number of hydrogen-bond donors (Lipinski definition) is 1. The van der Waals surface area contributed by atoms with E-state index in [1.54, 1.807) is 12.3 Å². The van der Waals surface area contributed by atoms with Crippen molar-refractivity contribution in [1.82, 2.24) is 19.7 Å². The van der Waals surface area contributed by atoms with Gasteiger partial charge in [-0.1, -0.05) is 0 Å². The number of carbonyl (C=O) groups excluding carboxylic acids is 1. The highest BCUT2D eigenvalue weighted by molar-refractivity contribution is 5.77. The van der Waals surface area contributed by atoms with E-state index in [1.807, 2.05) is 0 Å². The van der Waals surface area contributed by atoms with Gasteiger partial charge in [0.2, 0.25) is 0 Å². The topological polar surface area (TPSA) is 83.9 Å². The van der Waals surface area contributed by atoms with Crippen LogP contribution in [0.5, 0.6) is 0 Å². The number of hydrogen-bond acceptors (Lipinski definition) is 5. The Morgan fingerprint density at radius 2 is 1.95 bits per heavy atom. The van der Waals surface area contributed by atoms with Crippen LogP contribution in [0.2, 0.25) is 0 Å². The number of nitrogens with one attached hydrogen (secondary N) is 1. The lowest BCUT2D eigenvalue weighted by molar-refractivity contribution is -0.116. The molecule has 0 spiro atoms. The number of rotatable bonds is 4. The number of nitrogens with zero attached hydrogens (tertiary/aromatic N) is 4. The number of piperidine rings is 1. The summed E-state index contributed by atoms with van der Waals surface area (Å²) in [4.78, 5) is 34.2. The first kappa shape index (κ1) is 14.5. The molecule has 7 nitrogen and oxygen atoms in total. The van der Waals surface area contributed by atoms with Crippen LogP contribution in [0, 0.1) is 0 Å². The van der Waals surface area contributed by atoms with Crippen LogP contribution in [0.3, 0.4) is 0 Å². The molecule has 0 bridgehead atoms. The largest absolute Gasteiger partial charge is 0.356 e. The van der Waals surface area contributed by atoms with Gasteiger partial charge in [0, 0.05) is 37.3 Å². The molecule has 0 unspecified atom stereocenters. The van der Waals surface area contributed by atoms with Crippen LogP contribution in [-0.4, -0.2) is 38.6 Å². The zero-order valence-electron chi connectivity index (χ0n) is 12.6. The summed E-state index contributed by atoms with van der Waals surface area (Å²) in [5, 5.41) is 2.87. The molecular weight excluding hydrogens is 282 g/mol. The molecule has 0 amide bonds. The van der Waals surface area contributed by atoms with E-state index in [0.717, 1.165) is 31.7 Å². The highest BCUT2D eigenvalue weighted by Crippen LogP contribution is 2.18. The zero-order chi connectivity index (χ0) is 15.5. The van der Waals surface area contributed by atoms with Crippen LogP contribution in [0.1, 0.15) is 31.7 Å².